The van der Waals surface area contributed by atoms with Crippen LogP contribution in [-0.2, 0) is 0 Å². The molecule has 15 heavy (non-hydrogen) atoms. The quantitative estimate of drug-likeness (QED) is 0.874. The molecule has 0 saturated heterocycles. The lowest BCUT2D eigenvalue weighted by atomic mass is 10.3. The first kappa shape index (κ1) is 10.3. The lowest BCUT2D eigenvalue weighted by molar-refractivity contribution is 0.100. The summed E-state index contributed by atoms with van der Waals surface area (Å²) < 4.78 is 0. The molecular weight excluding hydrogens is 228 g/mol. The van der Waals surface area contributed by atoms with E-state index in [1.54, 1.807) is 11.3 Å². The van der Waals surface area contributed by atoms with E-state index >= 15 is 0 Å². The predicted octanol–water partition coefficient (Wildman–Crippen LogP) is 2.59. The van der Waals surface area contributed by atoms with Gasteiger partial charge in [0.15, 0.2) is 0 Å². The van der Waals surface area contributed by atoms with Crippen molar-refractivity contribution in [3.63, 3.8) is 0 Å². The largest absolute Gasteiger partial charge is 0.365 e. The van der Waals surface area contributed by atoms with Crippen LogP contribution in [0.5, 0.6) is 0 Å². The molecule has 0 atom stereocenters. The van der Waals surface area contributed by atoms with Gasteiger partial charge in [-0.1, -0.05) is 0 Å². The fourth-order valence-electron chi connectivity index (χ4n) is 1.31. The van der Waals surface area contributed by atoms with Crippen LogP contribution >= 0.6 is 22.7 Å². The molecule has 0 fully saturated rings. The number of hydrogen-bond donors (Lipinski definition) is 1. The van der Waals surface area contributed by atoms with Gasteiger partial charge in [0, 0.05) is 0 Å². The molecule has 0 bridgehead atoms. The number of thiophene rings is 1. The number of rotatable bonds is 2. The Morgan fingerprint density at radius 3 is 2.67 bits per heavy atom. The summed E-state index contributed by atoms with van der Waals surface area (Å²) in [5.41, 5.74) is 7.16. The number of nitrogens with two attached hydrogens (primary N) is 1. The van der Waals surface area contributed by atoms with Crippen molar-refractivity contribution in [1.29, 1.82) is 0 Å². The fraction of sp³-hybridized carbons (Fsp3) is 0.200. The van der Waals surface area contributed by atoms with E-state index < -0.39 is 5.91 Å². The van der Waals surface area contributed by atoms with Crippen LogP contribution in [0.15, 0.2) is 11.4 Å². The van der Waals surface area contributed by atoms with E-state index in [1.807, 2.05) is 25.3 Å². The summed E-state index contributed by atoms with van der Waals surface area (Å²) in [5, 5.41) is 2.90. The zero-order valence-corrected chi connectivity index (χ0v) is 10.0. The second-order valence-corrected chi connectivity index (χ2v) is 5.15. The van der Waals surface area contributed by atoms with Crippen molar-refractivity contribution in [2.24, 2.45) is 5.73 Å². The molecule has 0 radical (unpaired) electrons. The summed E-state index contributed by atoms with van der Waals surface area (Å²) in [5.74, 6) is -0.398. The number of primary amides is 1. The van der Waals surface area contributed by atoms with Gasteiger partial charge in [-0.15, -0.1) is 22.7 Å². The molecule has 5 heteroatoms. The monoisotopic (exact) mass is 238 g/mol. The van der Waals surface area contributed by atoms with Crippen molar-refractivity contribution in [1.82, 2.24) is 4.98 Å². The molecule has 0 aromatic carbocycles. The number of amides is 1. The zero-order valence-electron chi connectivity index (χ0n) is 8.40. The Kier molecular flexibility index (Phi) is 2.58. The highest BCUT2D eigenvalue weighted by atomic mass is 32.1. The molecule has 0 saturated carbocycles. The number of carbonyl (C=O) groups excluding carboxylic acids is 1. The second kappa shape index (κ2) is 3.75. The van der Waals surface area contributed by atoms with E-state index in [-0.39, 0.29) is 0 Å². The summed E-state index contributed by atoms with van der Waals surface area (Å²) in [4.78, 5) is 17.1. The van der Waals surface area contributed by atoms with Gasteiger partial charge in [-0.2, -0.15) is 0 Å². The first-order valence-corrected chi connectivity index (χ1v) is 6.11. The van der Waals surface area contributed by atoms with Crippen LogP contribution in [-0.4, -0.2) is 10.9 Å². The Bertz CT molecular complexity index is 513. The molecule has 0 unspecified atom stereocenters. The molecule has 0 aliphatic heterocycles. The van der Waals surface area contributed by atoms with Gasteiger partial charge in [-0.25, -0.2) is 4.98 Å². The number of nitrogens with zero attached hydrogens (tertiary/aromatic N) is 1. The molecule has 2 N–H and O–H groups in total. The van der Waals surface area contributed by atoms with Crippen LogP contribution < -0.4 is 5.73 Å². The molecule has 3 nitrogen and oxygen atoms in total. The topological polar surface area (TPSA) is 56.0 Å². The number of aromatic nitrogens is 1. The molecule has 0 aliphatic rings. The third-order valence-corrected chi connectivity index (χ3v) is 4.42. The predicted molar refractivity (Wildman–Crippen MR) is 63.4 cm³/mol. The van der Waals surface area contributed by atoms with Crippen LogP contribution in [0.3, 0.4) is 0 Å². The number of thiazole rings is 1. The maximum Gasteiger partial charge on any atom is 0.260 e. The van der Waals surface area contributed by atoms with Crippen LogP contribution in [0.2, 0.25) is 0 Å². The van der Waals surface area contributed by atoms with Crippen LogP contribution in [0.1, 0.15) is 20.9 Å². The van der Waals surface area contributed by atoms with E-state index in [2.05, 4.69) is 4.98 Å². The van der Waals surface area contributed by atoms with Crippen LogP contribution in [0.25, 0.3) is 9.88 Å². The summed E-state index contributed by atoms with van der Waals surface area (Å²) >= 11 is 3.00. The van der Waals surface area contributed by atoms with E-state index in [0.717, 1.165) is 15.6 Å². The maximum atomic E-state index is 11.1. The van der Waals surface area contributed by atoms with Crippen molar-refractivity contribution < 1.29 is 4.79 Å². The highest BCUT2D eigenvalue weighted by Gasteiger charge is 2.15. The van der Waals surface area contributed by atoms with Crippen molar-refractivity contribution in [2.75, 3.05) is 0 Å². The molecule has 1 amide bonds. The van der Waals surface area contributed by atoms with E-state index in [0.29, 0.717) is 4.88 Å². The lowest BCUT2D eigenvalue weighted by Crippen LogP contribution is -2.09. The minimum absolute atomic E-state index is 0.398. The van der Waals surface area contributed by atoms with Gasteiger partial charge in [-0.05, 0) is 30.9 Å². The van der Waals surface area contributed by atoms with E-state index in [1.165, 1.54) is 16.9 Å². The Labute approximate surface area is 95.6 Å². The fourth-order valence-corrected chi connectivity index (χ4v) is 3.32. The van der Waals surface area contributed by atoms with Gasteiger partial charge < -0.3 is 5.73 Å². The Balaban J connectivity index is 2.52. The van der Waals surface area contributed by atoms with Gasteiger partial charge in [-0.3, -0.25) is 4.79 Å². The third kappa shape index (κ3) is 1.80. The lowest BCUT2D eigenvalue weighted by Gasteiger charge is -1.91. The van der Waals surface area contributed by atoms with Crippen LogP contribution in [0.4, 0.5) is 0 Å². The molecule has 2 rings (SSSR count). The smallest absolute Gasteiger partial charge is 0.260 e. The van der Waals surface area contributed by atoms with E-state index in [9.17, 15) is 4.79 Å². The third-order valence-electron chi connectivity index (χ3n) is 2.08. The molecule has 0 aliphatic carbocycles. The number of hydrogen-bond acceptors (Lipinski definition) is 4. The van der Waals surface area contributed by atoms with Gasteiger partial charge in [0.2, 0.25) is 0 Å². The minimum atomic E-state index is -0.398. The Morgan fingerprint density at radius 2 is 2.20 bits per heavy atom. The standard InChI is InChI=1S/C10H10N2OS2/c1-5-3-4-14-7(5)10-12-6(2)8(15-10)9(11)13/h3-4H,1-2H3,(H2,11,13). The Morgan fingerprint density at radius 1 is 1.47 bits per heavy atom. The minimum Gasteiger partial charge on any atom is -0.365 e. The van der Waals surface area contributed by atoms with Gasteiger partial charge in [0.25, 0.3) is 5.91 Å². The highest BCUT2D eigenvalue weighted by Crippen LogP contribution is 2.33. The zero-order chi connectivity index (χ0) is 11.0. The number of aryl methyl sites for hydroxylation is 2. The average molecular weight is 238 g/mol. The first-order valence-electron chi connectivity index (χ1n) is 4.41. The van der Waals surface area contributed by atoms with E-state index in [4.69, 9.17) is 5.73 Å². The molecular formula is C10H10N2OS2. The van der Waals surface area contributed by atoms with Crippen molar-refractivity contribution >= 4 is 28.6 Å². The maximum absolute atomic E-state index is 11.1. The molecule has 2 aromatic heterocycles. The second-order valence-electron chi connectivity index (χ2n) is 3.23. The molecule has 2 heterocycles. The summed E-state index contributed by atoms with van der Waals surface area (Å²) in [6, 6.07) is 2.04. The molecule has 78 valence electrons. The number of carbonyl (C=O) groups is 1. The molecule has 0 spiro atoms. The summed E-state index contributed by atoms with van der Waals surface area (Å²) in [7, 11) is 0. The SMILES string of the molecule is Cc1ccsc1-c1nc(C)c(C(N)=O)s1. The van der Waals surface area contributed by atoms with Crippen molar-refractivity contribution in [3.05, 3.63) is 27.6 Å². The normalized spacial score (nSPS) is 10.5. The van der Waals surface area contributed by atoms with Crippen molar-refractivity contribution in [3.8, 4) is 9.88 Å². The summed E-state index contributed by atoms with van der Waals surface area (Å²) in [6.45, 7) is 3.84. The van der Waals surface area contributed by atoms with Gasteiger partial charge in [0.1, 0.15) is 9.88 Å². The summed E-state index contributed by atoms with van der Waals surface area (Å²) in [6.07, 6.45) is 0. The Hall–Kier alpha value is -1.20. The average Bonchev–Trinajstić information content (AvgIpc) is 2.71. The first-order chi connectivity index (χ1) is 7.09. The van der Waals surface area contributed by atoms with Gasteiger partial charge >= 0.3 is 0 Å². The molecule has 2 aromatic rings. The highest BCUT2D eigenvalue weighted by molar-refractivity contribution is 7.22. The van der Waals surface area contributed by atoms with Crippen LogP contribution in [0, 0.1) is 13.8 Å². The van der Waals surface area contributed by atoms with Gasteiger partial charge in [0.05, 0.1) is 10.6 Å². The van der Waals surface area contributed by atoms with Crippen molar-refractivity contribution in [2.45, 2.75) is 13.8 Å².